The van der Waals surface area contributed by atoms with Crippen molar-refractivity contribution in [2.45, 2.75) is 13.5 Å². The molecular formula is C14H14ClN3O3. The average Bonchev–Trinajstić information content (AvgIpc) is 2.46. The number of nitrogens with zero attached hydrogens (tertiary/aromatic N) is 1. The Morgan fingerprint density at radius 1 is 1.33 bits per heavy atom. The third-order valence-corrected chi connectivity index (χ3v) is 3.21. The van der Waals surface area contributed by atoms with Crippen molar-refractivity contribution in [3.8, 4) is 5.75 Å². The molecule has 0 aliphatic heterocycles. The van der Waals surface area contributed by atoms with Crippen molar-refractivity contribution >= 4 is 23.0 Å². The molecule has 0 saturated carbocycles. The molecule has 7 heteroatoms. The van der Waals surface area contributed by atoms with Gasteiger partial charge in [-0.2, -0.15) is 0 Å². The van der Waals surface area contributed by atoms with E-state index >= 15 is 0 Å². The number of nitro benzene ring substituents is 1. The molecular weight excluding hydrogens is 294 g/mol. The van der Waals surface area contributed by atoms with E-state index in [1.807, 2.05) is 6.92 Å². The minimum Gasteiger partial charge on any atom is -0.489 e. The van der Waals surface area contributed by atoms with Crippen LogP contribution in [0.4, 0.5) is 11.4 Å². The van der Waals surface area contributed by atoms with Crippen LogP contribution < -0.4 is 16.0 Å². The van der Waals surface area contributed by atoms with E-state index in [-0.39, 0.29) is 12.3 Å². The first-order valence-electron chi connectivity index (χ1n) is 6.14. The Kier molecular flexibility index (Phi) is 4.62. The van der Waals surface area contributed by atoms with Crippen molar-refractivity contribution in [2.75, 3.05) is 5.43 Å². The van der Waals surface area contributed by atoms with E-state index in [0.717, 1.165) is 5.56 Å². The summed E-state index contributed by atoms with van der Waals surface area (Å²) < 4.78 is 5.68. The molecule has 0 unspecified atom stereocenters. The van der Waals surface area contributed by atoms with Crippen molar-refractivity contribution < 1.29 is 9.66 Å². The molecule has 3 N–H and O–H groups in total. The van der Waals surface area contributed by atoms with Gasteiger partial charge in [0.2, 0.25) is 0 Å². The van der Waals surface area contributed by atoms with Gasteiger partial charge in [0.05, 0.1) is 10.6 Å². The Morgan fingerprint density at radius 3 is 2.71 bits per heavy atom. The summed E-state index contributed by atoms with van der Waals surface area (Å²) in [6.07, 6.45) is 0. The largest absolute Gasteiger partial charge is 0.489 e. The summed E-state index contributed by atoms with van der Waals surface area (Å²) >= 11 is 5.88. The second-order valence-electron chi connectivity index (χ2n) is 4.44. The SMILES string of the molecule is Cc1cc(Cl)ccc1OCc1cc([N+](=O)[O-])ccc1NN. The zero-order valence-electron chi connectivity index (χ0n) is 11.3. The lowest BCUT2D eigenvalue weighted by Crippen LogP contribution is -2.11. The van der Waals surface area contributed by atoms with Gasteiger partial charge in [0.25, 0.3) is 5.69 Å². The highest BCUT2D eigenvalue weighted by molar-refractivity contribution is 6.30. The third-order valence-electron chi connectivity index (χ3n) is 2.98. The lowest BCUT2D eigenvalue weighted by Gasteiger charge is -2.12. The molecule has 0 radical (unpaired) electrons. The molecule has 6 nitrogen and oxygen atoms in total. The van der Waals surface area contributed by atoms with Gasteiger partial charge in [0, 0.05) is 22.7 Å². The minimum absolute atomic E-state index is 0.0135. The molecule has 21 heavy (non-hydrogen) atoms. The fourth-order valence-electron chi connectivity index (χ4n) is 1.88. The highest BCUT2D eigenvalue weighted by atomic mass is 35.5. The Morgan fingerprint density at radius 2 is 2.10 bits per heavy atom. The van der Waals surface area contributed by atoms with Gasteiger partial charge in [0.1, 0.15) is 12.4 Å². The summed E-state index contributed by atoms with van der Waals surface area (Å²) in [6, 6.07) is 9.62. The summed E-state index contributed by atoms with van der Waals surface area (Å²) in [7, 11) is 0. The van der Waals surface area contributed by atoms with E-state index in [0.29, 0.717) is 22.0 Å². The smallest absolute Gasteiger partial charge is 0.269 e. The number of anilines is 1. The van der Waals surface area contributed by atoms with Crippen molar-refractivity contribution in [3.63, 3.8) is 0 Å². The van der Waals surface area contributed by atoms with Gasteiger partial charge < -0.3 is 10.2 Å². The molecule has 2 aromatic rings. The minimum atomic E-state index is -0.461. The summed E-state index contributed by atoms with van der Waals surface area (Å²) in [5.74, 6) is 6.06. The van der Waals surface area contributed by atoms with E-state index in [4.69, 9.17) is 22.2 Å². The zero-order chi connectivity index (χ0) is 15.4. The monoisotopic (exact) mass is 307 g/mol. The lowest BCUT2D eigenvalue weighted by atomic mass is 10.1. The Labute approximate surface area is 126 Å². The number of nitro groups is 1. The fraction of sp³-hybridized carbons (Fsp3) is 0.143. The highest BCUT2D eigenvalue weighted by Gasteiger charge is 2.11. The third kappa shape index (κ3) is 3.62. The van der Waals surface area contributed by atoms with E-state index in [9.17, 15) is 10.1 Å². The van der Waals surface area contributed by atoms with E-state index in [1.54, 1.807) is 24.3 Å². The van der Waals surface area contributed by atoms with Gasteiger partial charge >= 0.3 is 0 Å². The number of nitrogens with one attached hydrogen (secondary N) is 1. The molecule has 2 aromatic carbocycles. The van der Waals surface area contributed by atoms with Crippen LogP contribution in [-0.2, 0) is 6.61 Å². The first-order chi connectivity index (χ1) is 10.0. The highest BCUT2D eigenvalue weighted by Crippen LogP contribution is 2.26. The topological polar surface area (TPSA) is 90.4 Å². The van der Waals surface area contributed by atoms with E-state index < -0.39 is 4.92 Å². The molecule has 0 spiro atoms. The van der Waals surface area contributed by atoms with Gasteiger partial charge in [-0.3, -0.25) is 16.0 Å². The number of rotatable bonds is 5. The number of hydrogen-bond acceptors (Lipinski definition) is 5. The maximum absolute atomic E-state index is 10.8. The summed E-state index contributed by atoms with van der Waals surface area (Å²) in [5.41, 5.74) is 4.54. The summed E-state index contributed by atoms with van der Waals surface area (Å²) in [4.78, 5) is 10.4. The number of nitrogens with two attached hydrogens (primary N) is 1. The molecule has 0 bridgehead atoms. The molecule has 0 fully saturated rings. The standard InChI is InChI=1S/C14H14ClN3O3/c1-9-6-11(15)2-5-14(9)21-8-10-7-12(18(19)20)3-4-13(10)17-16/h2-7,17H,8,16H2,1H3. The van der Waals surface area contributed by atoms with Crippen LogP contribution >= 0.6 is 11.6 Å². The predicted octanol–water partition coefficient (Wildman–Crippen LogP) is 3.42. The van der Waals surface area contributed by atoms with Crippen LogP contribution in [0.1, 0.15) is 11.1 Å². The van der Waals surface area contributed by atoms with Gasteiger partial charge in [-0.05, 0) is 36.8 Å². The number of hydrogen-bond donors (Lipinski definition) is 2. The van der Waals surface area contributed by atoms with Crippen molar-refractivity contribution in [1.29, 1.82) is 0 Å². The van der Waals surface area contributed by atoms with Crippen LogP contribution in [0.5, 0.6) is 5.75 Å². The van der Waals surface area contributed by atoms with Crippen molar-refractivity contribution in [3.05, 3.63) is 62.7 Å². The first kappa shape index (κ1) is 15.1. The second-order valence-corrected chi connectivity index (χ2v) is 4.88. The van der Waals surface area contributed by atoms with Crippen LogP contribution in [0.15, 0.2) is 36.4 Å². The Hall–Kier alpha value is -2.31. The second kappa shape index (κ2) is 6.43. The molecule has 2 rings (SSSR count). The van der Waals surface area contributed by atoms with Crippen LogP contribution in [-0.4, -0.2) is 4.92 Å². The van der Waals surface area contributed by atoms with Crippen LogP contribution in [0.2, 0.25) is 5.02 Å². The number of hydrazine groups is 1. The van der Waals surface area contributed by atoms with Gasteiger partial charge in [-0.1, -0.05) is 11.6 Å². The van der Waals surface area contributed by atoms with Gasteiger partial charge in [-0.25, -0.2) is 0 Å². The Bertz CT molecular complexity index is 677. The van der Waals surface area contributed by atoms with Crippen molar-refractivity contribution in [2.24, 2.45) is 5.84 Å². The normalized spacial score (nSPS) is 10.2. The lowest BCUT2D eigenvalue weighted by molar-refractivity contribution is -0.384. The molecule has 0 aliphatic carbocycles. The number of non-ortho nitro benzene ring substituents is 1. The maximum Gasteiger partial charge on any atom is 0.269 e. The van der Waals surface area contributed by atoms with Crippen LogP contribution in [0.25, 0.3) is 0 Å². The number of nitrogen functional groups attached to an aromatic ring is 1. The summed E-state index contributed by atoms with van der Waals surface area (Å²) in [5, 5.41) is 11.4. The molecule has 0 amide bonds. The molecule has 0 atom stereocenters. The number of aryl methyl sites for hydroxylation is 1. The average molecular weight is 308 g/mol. The van der Waals surface area contributed by atoms with Crippen molar-refractivity contribution in [1.82, 2.24) is 0 Å². The summed E-state index contributed by atoms with van der Waals surface area (Å²) in [6.45, 7) is 2.03. The van der Waals surface area contributed by atoms with E-state index in [2.05, 4.69) is 5.43 Å². The van der Waals surface area contributed by atoms with Crippen LogP contribution in [0.3, 0.4) is 0 Å². The number of halogens is 1. The van der Waals surface area contributed by atoms with Gasteiger partial charge in [-0.15, -0.1) is 0 Å². The number of ether oxygens (including phenoxy) is 1. The molecule has 0 saturated heterocycles. The maximum atomic E-state index is 10.8. The zero-order valence-corrected chi connectivity index (χ0v) is 12.1. The van der Waals surface area contributed by atoms with Crippen LogP contribution in [0, 0.1) is 17.0 Å². The fourth-order valence-corrected chi connectivity index (χ4v) is 2.11. The first-order valence-corrected chi connectivity index (χ1v) is 6.52. The predicted molar refractivity (Wildman–Crippen MR) is 81.4 cm³/mol. The number of benzene rings is 2. The quantitative estimate of drug-likeness (QED) is 0.502. The molecule has 0 aliphatic rings. The molecule has 0 heterocycles. The van der Waals surface area contributed by atoms with Gasteiger partial charge in [0.15, 0.2) is 0 Å². The Balaban J connectivity index is 2.22. The molecule has 0 aromatic heterocycles. The molecule has 110 valence electrons. The van der Waals surface area contributed by atoms with E-state index in [1.165, 1.54) is 12.1 Å².